The van der Waals surface area contributed by atoms with Crippen molar-refractivity contribution in [2.45, 2.75) is 25.2 Å². The van der Waals surface area contributed by atoms with Gasteiger partial charge >= 0.3 is 0 Å². The molecule has 130 valence electrons. The highest BCUT2D eigenvalue weighted by Crippen LogP contribution is 2.26. The van der Waals surface area contributed by atoms with Gasteiger partial charge in [-0.25, -0.2) is 0 Å². The molecular weight excluding hydrogens is 332 g/mol. The van der Waals surface area contributed by atoms with Crippen molar-refractivity contribution in [1.82, 2.24) is 0 Å². The minimum absolute atomic E-state index is 0.115. The van der Waals surface area contributed by atoms with Crippen LogP contribution in [0.5, 0.6) is 0 Å². The van der Waals surface area contributed by atoms with Gasteiger partial charge < -0.3 is 10.4 Å². The molecule has 2 N–H and O–H groups in total. The molecule has 0 bridgehead atoms. The molecule has 2 rings (SSSR count). The van der Waals surface area contributed by atoms with Gasteiger partial charge in [-0.3, -0.25) is 4.79 Å². The minimum Gasteiger partial charge on any atom is -0.388 e. The molecule has 2 atom stereocenters. The second-order valence-corrected chi connectivity index (χ2v) is 7.28. The Morgan fingerprint density at radius 1 is 1.20 bits per heavy atom. The van der Waals surface area contributed by atoms with Crippen LogP contribution >= 0.6 is 11.8 Å². The Morgan fingerprint density at radius 3 is 2.56 bits per heavy atom. The maximum absolute atomic E-state index is 12.6. The Kier molecular flexibility index (Phi) is 7.05. The Hall–Kier alpha value is -2.29. The molecule has 0 saturated heterocycles. The lowest BCUT2D eigenvalue weighted by molar-refractivity contribution is -0.116. The molecule has 0 aliphatic carbocycles. The van der Waals surface area contributed by atoms with Gasteiger partial charge in [-0.2, -0.15) is 5.26 Å². The number of carbonyl (C=O) groups is 1. The summed E-state index contributed by atoms with van der Waals surface area (Å²) in [5, 5.41) is 21.8. The van der Waals surface area contributed by atoms with Crippen LogP contribution in [-0.2, 0) is 4.79 Å². The van der Waals surface area contributed by atoms with Crippen LogP contribution in [0.2, 0.25) is 0 Å². The largest absolute Gasteiger partial charge is 0.388 e. The zero-order chi connectivity index (χ0) is 18.2. The molecule has 0 spiro atoms. The van der Waals surface area contributed by atoms with Crippen LogP contribution in [-0.4, -0.2) is 22.0 Å². The van der Waals surface area contributed by atoms with Gasteiger partial charge in [0.05, 0.1) is 23.0 Å². The van der Waals surface area contributed by atoms with Crippen molar-refractivity contribution in [3.05, 3.63) is 65.7 Å². The van der Waals surface area contributed by atoms with E-state index < -0.39 is 6.10 Å². The van der Waals surface area contributed by atoms with E-state index in [4.69, 9.17) is 5.26 Å². The van der Waals surface area contributed by atoms with Crippen molar-refractivity contribution in [1.29, 1.82) is 5.26 Å². The van der Waals surface area contributed by atoms with Crippen molar-refractivity contribution in [3.8, 4) is 6.07 Å². The fourth-order valence-electron chi connectivity index (χ4n) is 2.42. The molecule has 5 heteroatoms. The number of amides is 1. The molecule has 0 aromatic heterocycles. The van der Waals surface area contributed by atoms with E-state index in [1.54, 1.807) is 24.3 Å². The van der Waals surface area contributed by atoms with Gasteiger partial charge in [-0.15, -0.1) is 11.8 Å². The van der Waals surface area contributed by atoms with Gasteiger partial charge in [0, 0.05) is 11.4 Å². The first kappa shape index (κ1) is 19.0. The van der Waals surface area contributed by atoms with E-state index in [0.717, 1.165) is 5.56 Å². The van der Waals surface area contributed by atoms with Gasteiger partial charge in [0.15, 0.2) is 0 Å². The highest BCUT2D eigenvalue weighted by Gasteiger charge is 2.24. The topological polar surface area (TPSA) is 73.1 Å². The number of hydrogen-bond acceptors (Lipinski definition) is 4. The summed E-state index contributed by atoms with van der Waals surface area (Å²) >= 11 is 1.44. The monoisotopic (exact) mass is 354 g/mol. The molecule has 2 aromatic rings. The number of aliphatic hydroxyl groups excluding tert-OH is 1. The third-order valence-electron chi connectivity index (χ3n) is 3.74. The Bertz CT molecular complexity index is 741. The smallest absolute Gasteiger partial charge is 0.237 e. The predicted octanol–water partition coefficient (Wildman–Crippen LogP) is 3.99. The Balaban J connectivity index is 1.99. The summed E-state index contributed by atoms with van der Waals surface area (Å²) < 4.78 is 0. The number of nitrogens with one attached hydrogen (secondary N) is 1. The molecule has 2 unspecified atom stereocenters. The number of rotatable bonds is 7. The first-order chi connectivity index (χ1) is 12.0. The van der Waals surface area contributed by atoms with E-state index in [0.29, 0.717) is 17.0 Å². The summed E-state index contributed by atoms with van der Waals surface area (Å²) in [6, 6.07) is 18.3. The van der Waals surface area contributed by atoms with Crippen molar-refractivity contribution in [2.75, 3.05) is 11.1 Å². The van der Waals surface area contributed by atoms with E-state index in [1.807, 2.05) is 44.2 Å². The summed E-state index contributed by atoms with van der Waals surface area (Å²) in [5.41, 5.74) is 1.96. The van der Waals surface area contributed by atoms with Crippen molar-refractivity contribution < 1.29 is 9.90 Å². The lowest BCUT2D eigenvalue weighted by Crippen LogP contribution is -2.30. The van der Waals surface area contributed by atoms with E-state index in [2.05, 4.69) is 11.4 Å². The number of hydrogen-bond donors (Lipinski definition) is 2. The first-order valence-electron chi connectivity index (χ1n) is 8.17. The van der Waals surface area contributed by atoms with Gasteiger partial charge in [0.25, 0.3) is 0 Å². The van der Waals surface area contributed by atoms with Crippen LogP contribution < -0.4 is 5.32 Å². The third kappa shape index (κ3) is 5.63. The molecular formula is C20H22N2O2S. The molecule has 25 heavy (non-hydrogen) atoms. The molecule has 0 aliphatic rings. The third-order valence-corrected chi connectivity index (χ3v) is 5.37. The lowest BCUT2D eigenvalue weighted by atomic mass is 10.1. The highest BCUT2D eigenvalue weighted by molar-refractivity contribution is 8.00. The highest BCUT2D eigenvalue weighted by atomic mass is 32.2. The van der Waals surface area contributed by atoms with Crippen molar-refractivity contribution >= 4 is 23.4 Å². The standard InChI is InChI=1S/C20H22N2O2S/c1-14(2)19(25-13-18(23)16-8-4-3-5-9-16)20(24)22-17-10-6-7-15(11-17)12-21/h3-11,14,18-19,23H,13H2,1-2H3,(H,22,24). The predicted molar refractivity (Wildman–Crippen MR) is 102 cm³/mol. The minimum atomic E-state index is -0.609. The molecule has 0 aliphatic heterocycles. The molecule has 0 fully saturated rings. The number of anilines is 1. The average molecular weight is 354 g/mol. The van der Waals surface area contributed by atoms with Crippen LogP contribution in [0.3, 0.4) is 0 Å². The quantitative estimate of drug-likeness (QED) is 0.788. The molecule has 2 aromatic carbocycles. The Morgan fingerprint density at radius 2 is 1.92 bits per heavy atom. The van der Waals surface area contributed by atoms with Crippen LogP contribution in [0.1, 0.15) is 31.1 Å². The molecule has 4 nitrogen and oxygen atoms in total. The lowest BCUT2D eigenvalue weighted by Gasteiger charge is -2.21. The fraction of sp³-hybridized carbons (Fsp3) is 0.300. The van der Waals surface area contributed by atoms with Crippen molar-refractivity contribution in [2.24, 2.45) is 5.92 Å². The zero-order valence-corrected chi connectivity index (χ0v) is 15.2. The number of nitriles is 1. The summed E-state index contributed by atoms with van der Waals surface area (Å²) in [6.45, 7) is 3.97. The number of nitrogens with zero attached hydrogens (tertiary/aromatic N) is 1. The van der Waals surface area contributed by atoms with E-state index in [9.17, 15) is 9.90 Å². The first-order valence-corrected chi connectivity index (χ1v) is 9.21. The Labute approximate surface area is 152 Å². The van der Waals surface area contributed by atoms with Gasteiger partial charge in [0.1, 0.15) is 0 Å². The number of carbonyl (C=O) groups excluding carboxylic acids is 1. The number of thioether (sulfide) groups is 1. The van der Waals surface area contributed by atoms with Gasteiger partial charge in [-0.1, -0.05) is 50.2 Å². The average Bonchev–Trinajstić information content (AvgIpc) is 2.62. The number of benzene rings is 2. The summed E-state index contributed by atoms with van der Waals surface area (Å²) in [5.74, 6) is 0.445. The van der Waals surface area contributed by atoms with Crippen LogP contribution in [0, 0.1) is 17.2 Å². The van der Waals surface area contributed by atoms with Gasteiger partial charge in [0.2, 0.25) is 5.91 Å². The SMILES string of the molecule is CC(C)C(SCC(O)c1ccccc1)C(=O)Nc1cccc(C#N)c1. The summed E-state index contributed by atoms with van der Waals surface area (Å²) in [6.07, 6.45) is -0.609. The van der Waals surface area contributed by atoms with E-state index in [-0.39, 0.29) is 17.1 Å². The maximum Gasteiger partial charge on any atom is 0.237 e. The van der Waals surface area contributed by atoms with Crippen LogP contribution in [0.15, 0.2) is 54.6 Å². The maximum atomic E-state index is 12.6. The summed E-state index contributed by atoms with van der Waals surface area (Å²) in [7, 11) is 0. The normalized spacial score (nSPS) is 13.1. The molecule has 0 heterocycles. The molecule has 1 amide bonds. The second-order valence-electron chi connectivity index (χ2n) is 6.11. The van der Waals surface area contributed by atoms with Crippen molar-refractivity contribution in [3.63, 3.8) is 0 Å². The van der Waals surface area contributed by atoms with E-state index >= 15 is 0 Å². The fourth-order valence-corrected chi connectivity index (χ4v) is 3.59. The van der Waals surface area contributed by atoms with Crippen LogP contribution in [0.4, 0.5) is 5.69 Å². The second kappa shape index (κ2) is 9.26. The summed E-state index contributed by atoms with van der Waals surface area (Å²) in [4.78, 5) is 12.6. The van der Waals surface area contributed by atoms with E-state index in [1.165, 1.54) is 11.8 Å². The van der Waals surface area contributed by atoms with Gasteiger partial charge in [-0.05, 0) is 29.7 Å². The molecule has 0 saturated carbocycles. The molecule has 0 radical (unpaired) electrons. The van der Waals surface area contributed by atoms with Crippen LogP contribution in [0.25, 0.3) is 0 Å². The number of aliphatic hydroxyl groups is 1. The zero-order valence-electron chi connectivity index (χ0n) is 14.3.